The average Bonchev–Trinajstić information content (AvgIpc) is 2.65. The molecule has 0 atom stereocenters. The fourth-order valence-corrected chi connectivity index (χ4v) is 2.35. The van der Waals surface area contributed by atoms with Gasteiger partial charge in [0.2, 0.25) is 0 Å². The third-order valence-corrected chi connectivity index (χ3v) is 3.68. The Morgan fingerprint density at radius 1 is 1.07 bits per heavy atom. The summed E-state index contributed by atoms with van der Waals surface area (Å²) in [5, 5.41) is 2.52. The Balaban J connectivity index is 1.75. The highest BCUT2D eigenvalue weighted by Gasteiger charge is 2.14. The summed E-state index contributed by atoms with van der Waals surface area (Å²) in [7, 11) is 0. The number of amides is 2. The van der Waals surface area contributed by atoms with Crippen LogP contribution >= 0.6 is 11.6 Å². The van der Waals surface area contributed by atoms with Gasteiger partial charge in [0.1, 0.15) is 11.5 Å². The molecule has 2 aromatic carbocycles. The number of aryl methyl sites for hydroxylation is 1. The van der Waals surface area contributed by atoms with Gasteiger partial charge in [0.25, 0.3) is 11.8 Å². The van der Waals surface area contributed by atoms with Crippen molar-refractivity contribution in [2.75, 3.05) is 13.2 Å². The first-order valence-corrected chi connectivity index (χ1v) is 8.56. The number of ether oxygens (including phenoxy) is 3. The first kappa shape index (κ1) is 22.1. The molecular formula is C19H16ClF2NO6. The molecule has 7 nitrogen and oxygen atoms in total. The first-order chi connectivity index (χ1) is 13.7. The molecule has 29 heavy (non-hydrogen) atoms. The highest BCUT2D eigenvalue weighted by Crippen LogP contribution is 2.21. The van der Waals surface area contributed by atoms with Gasteiger partial charge in [-0.2, -0.15) is 8.78 Å². The molecule has 0 aliphatic rings. The average molecular weight is 428 g/mol. The van der Waals surface area contributed by atoms with Gasteiger partial charge in [-0.25, -0.2) is 4.79 Å². The predicted octanol–water partition coefficient (Wildman–Crippen LogP) is 3.13. The lowest BCUT2D eigenvalue weighted by molar-refractivity contribution is -0.150. The van der Waals surface area contributed by atoms with Crippen LogP contribution in [0.1, 0.15) is 15.9 Å². The van der Waals surface area contributed by atoms with E-state index in [9.17, 15) is 23.2 Å². The van der Waals surface area contributed by atoms with Crippen LogP contribution in [0.3, 0.4) is 0 Å². The fourth-order valence-electron chi connectivity index (χ4n) is 2.12. The number of benzene rings is 2. The van der Waals surface area contributed by atoms with E-state index >= 15 is 0 Å². The second kappa shape index (κ2) is 10.4. The maximum absolute atomic E-state index is 12.1. The number of hydrogen-bond donors (Lipinski definition) is 1. The molecule has 0 saturated heterocycles. The summed E-state index contributed by atoms with van der Waals surface area (Å²) >= 11 is 5.82. The van der Waals surface area contributed by atoms with Crippen LogP contribution in [0.4, 0.5) is 8.78 Å². The standard InChI is InChI=1S/C19H16ClF2NO6/c1-11-8-13(20)4-7-15(11)27-10-17(25)28-9-16(24)23-18(26)12-2-5-14(6-3-12)29-19(21)22/h2-8,19H,9-10H2,1H3,(H,23,24,26). The maximum atomic E-state index is 12.1. The summed E-state index contributed by atoms with van der Waals surface area (Å²) in [6, 6.07) is 9.56. The fraction of sp³-hybridized carbons (Fsp3) is 0.211. The summed E-state index contributed by atoms with van der Waals surface area (Å²) in [5.41, 5.74) is 0.756. The number of halogens is 3. The molecule has 154 valence electrons. The molecule has 0 spiro atoms. The van der Waals surface area contributed by atoms with Crippen molar-refractivity contribution in [3.8, 4) is 11.5 Å². The maximum Gasteiger partial charge on any atom is 0.387 e. The van der Waals surface area contributed by atoms with Crippen molar-refractivity contribution in [1.29, 1.82) is 0 Å². The second-order valence-electron chi connectivity index (χ2n) is 5.64. The molecule has 10 heteroatoms. The van der Waals surface area contributed by atoms with Crippen molar-refractivity contribution in [2.24, 2.45) is 0 Å². The number of carbonyl (C=O) groups is 3. The Bertz CT molecular complexity index is 889. The normalized spacial score (nSPS) is 10.4. The van der Waals surface area contributed by atoms with Gasteiger partial charge in [-0.1, -0.05) is 11.6 Å². The monoisotopic (exact) mass is 427 g/mol. The van der Waals surface area contributed by atoms with E-state index in [4.69, 9.17) is 21.1 Å². The number of rotatable bonds is 8. The van der Waals surface area contributed by atoms with Gasteiger partial charge in [-0.15, -0.1) is 0 Å². The minimum Gasteiger partial charge on any atom is -0.482 e. The van der Waals surface area contributed by atoms with E-state index < -0.39 is 37.6 Å². The topological polar surface area (TPSA) is 90.9 Å². The Morgan fingerprint density at radius 2 is 1.76 bits per heavy atom. The first-order valence-electron chi connectivity index (χ1n) is 8.18. The van der Waals surface area contributed by atoms with Gasteiger partial charge < -0.3 is 14.2 Å². The van der Waals surface area contributed by atoms with E-state index in [0.717, 1.165) is 17.7 Å². The van der Waals surface area contributed by atoms with E-state index in [1.54, 1.807) is 25.1 Å². The third-order valence-electron chi connectivity index (χ3n) is 3.44. The van der Waals surface area contributed by atoms with Gasteiger partial charge >= 0.3 is 12.6 Å². The van der Waals surface area contributed by atoms with Gasteiger partial charge in [-0.05, 0) is 55.0 Å². The molecule has 2 amide bonds. The molecule has 0 bridgehead atoms. The summed E-state index contributed by atoms with van der Waals surface area (Å²) in [6.45, 7) is -2.37. The molecular weight excluding hydrogens is 412 g/mol. The van der Waals surface area contributed by atoms with Crippen LogP contribution in [0, 0.1) is 6.92 Å². The molecule has 0 heterocycles. The number of hydrogen-bond acceptors (Lipinski definition) is 6. The van der Waals surface area contributed by atoms with Crippen LogP contribution in [0.15, 0.2) is 42.5 Å². The number of imide groups is 1. The molecule has 2 rings (SSSR count). The van der Waals surface area contributed by atoms with Crippen LogP contribution in [0.5, 0.6) is 11.5 Å². The zero-order valence-corrected chi connectivity index (χ0v) is 15.9. The lowest BCUT2D eigenvalue weighted by Crippen LogP contribution is -2.34. The summed E-state index contributed by atoms with van der Waals surface area (Å²) in [4.78, 5) is 35.3. The second-order valence-corrected chi connectivity index (χ2v) is 6.08. The Kier molecular flexibility index (Phi) is 7.90. The zero-order chi connectivity index (χ0) is 21.4. The molecule has 0 aromatic heterocycles. The Morgan fingerprint density at radius 3 is 2.38 bits per heavy atom. The highest BCUT2D eigenvalue weighted by atomic mass is 35.5. The van der Waals surface area contributed by atoms with E-state index in [-0.39, 0.29) is 11.3 Å². The molecule has 0 aliphatic carbocycles. The third kappa shape index (κ3) is 7.38. The molecule has 0 radical (unpaired) electrons. The van der Waals surface area contributed by atoms with Crippen LogP contribution in [0.2, 0.25) is 5.02 Å². The minimum atomic E-state index is -2.99. The van der Waals surface area contributed by atoms with E-state index in [1.807, 2.05) is 5.32 Å². The lowest BCUT2D eigenvalue weighted by Gasteiger charge is -2.09. The van der Waals surface area contributed by atoms with Crippen molar-refractivity contribution in [3.63, 3.8) is 0 Å². The van der Waals surface area contributed by atoms with E-state index in [0.29, 0.717) is 10.8 Å². The van der Waals surface area contributed by atoms with Crippen molar-refractivity contribution in [1.82, 2.24) is 5.32 Å². The Hall–Kier alpha value is -3.20. The largest absolute Gasteiger partial charge is 0.482 e. The zero-order valence-electron chi connectivity index (χ0n) is 15.1. The Labute approximate surface area is 169 Å². The molecule has 0 saturated carbocycles. The summed E-state index contributed by atoms with van der Waals surface area (Å²) < 4.78 is 38.3. The van der Waals surface area contributed by atoms with E-state index in [1.165, 1.54) is 12.1 Å². The van der Waals surface area contributed by atoms with Gasteiger partial charge in [0.05, 0.1) is 0 Å². The van der Waals surface area contributed by atoms with Crippen molar-refractivity contribution >= 4 is 29.4 Å². The molecule has 2 aromatic rings. The van der Waals surface area contributed by atoms with Crippen molar-refractivity contribution in [3.05, 3.63) is 58.6 Å². The van der Waals surface area contributed by atoms with E-state index in [2.05, 4.69) is 4.74 Å². The lowest BCUT2D eigenvalue weighted by atomic mass is 10.2. The van der Waals surface area contributed by atoms with Gasteiger partial charge in [-0.3, -0.25) is 14.9 Å². The molecule has 0 unspecified atom stereocenters. The number of nitrogens with one attached hydrogen (secondary N) is 1. The van der Waals surface area contributed by atoms with Crippen molar-refractivity contribution in [2.45, 2.75) is 13.5 Å². The van der Waals surface area contributed by atoms with Crippen LogP contribution < -0.4 is 14.8 Å². The molecule has 0 fully saturated rings. The summed E-state index contributed by atoms with van der Waals surface area (Å²) in [5.74, 6) is -2.16. The highest BCUT2D eigenvalue weighted by molar-refractivity contribution is 6.30. The molecule has 1 N–H and O–H groups in total. The summed E-state index contributed by atoms with van der Waals surface area (Å²) in [6.07, 6.45) is 0. The van der Waals surface area contributed by atoms with Crippen molar-refractivity contribution < 1.29 is 37.4 Å². The quantitative estimate of drug-likeness (QED) is 0.651. The van der Waals surface area contributed by atoms with Gasteiger partial charge in [0.15, 0.2) is 13.2 Å². The van der Waals surface area contributed by atoms with Crippen LogP contribution in [-0.4, -0.2) is 37.6 Å². The number of alkyl halides is 2. The minimum absolute atomic E-state index is 0.0350. The number of carbonyl (C=O) groups excluding carboxylic acids is 3. The van der Waals surface area contributed by atoms with Gasteiger partial charge in [0, 0.05) is 10.6 Å². The van der Waals surface area contributed by atoms with Crippen LogP contribution in [0.25, 0.3) is 0 Å². The predicted molar refractivity (Wildman–Crippen MR) is 98.2 cm³/mol. The number of esters is 1. The van der Waals surface area contributed by atoms with Crippen LogP contribution in [-0.2, 0) is 14.3 Å². The molecule has 0 aliphatic heterocycles. The SMILES string of the molecule is Cc1cc(Cl)ccc1OCC(=O)OCC(=O)NC(=O)c1ccc(OC(F)F)cc1. The smallest absolute Gasteiger partial charge is 0.387 e.